The molecule has 0 spiro atoms. The normalized spacial score (nSPS) is 14.2. The Kier molecular flexibility index (Phi) is 6.66. The van der Waals surface area contributed by atoms with Gasteiger partial charge in [0.2, 0.25) is 5.88 Å². The van der Waals surface area contributed by atoms with Crippen LogP contribution in [0.3, 0.4) is 0 Å². The number of rotatable bonds is 8. The summed E-state index contributed by atoms with van der Waals surface area (Å²) in [5, 5.41) is 7.11. The highest BCUT2D eigenvalue weighted by atomic mass is 35.5. The fraction of sp³-hybridized carbons (Fsp3) is 0.421. The summed E-state index contributed by atoms with van der Waals surface area (Å²) in [7, 11) is 1.76. The molecule has 6 nitrogen and oxygen atoms in total. The van der Waals surface area contributed by atoms with Crippen molar-refractivity contribution < 1.29 is 4.74 Å². The minimum absolute atomic E-state index is 0.511. The molecular formula is C19H24ClN5O. The lowest BCUT2D eigenvalue weighted by atomic mass is 10.2. The fourth-order valence-electron chi connectivity index (χ4n) is 2.41. The van der Waals surface area contributed by atoms with E-state index in [1.54, 1.807) is 25.5 Å². The molecule has 2 aromatic rings. The first-order valence-electron chi connectivity index (χ1n) is 8.85. The average Bonchev–Trinajstić information content (AvgIpc) is 3.49. The highest BCUT2D eigenvalue weighted by Crippen LogP contribution is 2.29. The molecule has 1 aliphatic rings. The Labute approximate surface area is 159 Å². The van der Waals surface area contributed by atoms with Gasteiger partial charge in [-0.1, -0.05) is 17.7 Å². The molecule has 0 aromatic carbocycles. The lowest BCUT2D eigenvalue weighted by Crippen LogP contribution is -2.37. The van der Waals surface area contributed by atoms with Crippen LogP contribution in [0.15, 0.2) is 41.7 Å². The third-order valence-electron chi connectivity index (χ3n) is 4.14. The molecule has 0 unspecified atom stereocenters. The first kappa shape index (κ1) is 18.5. The van der Waals surface area contributed by atoms with E-state index in [0.29, 0.717) is 17.6 Å². The van der Waals surface area contributed by atoms with Crippen LogP contribution in [0.25, 0.3) is 0 Å². The van der Waals surface area contributed by atoms with Crippen LogP contribution in [0.5, 0.6) is 5.88 Å². The van der Waals surface area contributed by atoms with Crippen LogP contribution in [0, 0.1) is 5.92 Å². The smallest absolute Gasteiger partial charge is 0.213 e. The van der Waals surface area contributed by atoms with Gasteiger partial charge in [-0.15, -0.1) is 0 Å². The van der Waals surface area contributed by atoms with Gasteiger partial charge in [0.15, 0.2) is 5.96 Å². The molecule has 1 saturated carbocycles. The first-order valence-corrected chi connectivity index (χ1v) is 9.23. The number of nitrogens with one attached hydrogen (secondary N) is 2. The van der Waals surface area contributed by atoms with Gasteiger partial charge in [-0.05, 0) is 48.4 Å². The second-order valence-corrected chi connectivity index (χ2v) is 6.74. The number of pyridine rings is 2. The van der Waals surface area contributed by atoms with Crippen LogP contribution in [-0.4, -0.2) is 36.1 Å². The lowest BCUT2D eigenvalue weighted by Gasteiger charge is -2.12. The highest BCUT2D eigenvalue weighted by Gasteiger charge is 2.22. The van der Waals surface area contributed by atoms with Gasteiger partial charge >= 0.3 is 0 Å². The Morgan fingerprint density at radius 1 is 1.23 bits per heavy atom. The topological polar surface area (TPSA) is 71.4 Å². The second kappa shape index (κ2) is 9.38. The van der Waals surface area contributed by atoms with Crippen molar-refractivity contribution in [3.63, 3.8) is 0 Å². The molecule has 0 aliphatic heterocycles. The Morgan fingerprint density at radius 2 is 2.12 bits per heavy atom. The summed E-state index contributed by atoms with van der Waals surface area (Å²) in [5.41, 5.74) is 2.24. The second-order valence-electron chi connectivity index (χ2n) is 6.35. The molecule has 2 N–H and O–H groups in total. The summed E-state index contributed by atoms with van der Waals surface area (Å²) in [4.78, 5) is 12.6. The minimum atomic E-state index is 0.511. The Balaban J connectivity index is 1.41. The Bertz CT molecular complexity index is 731. The van der Waals surface area contributed by atoms with Gasteiger partial charge in [-0.25, -0.2) is 9.97 Å². The molecule has 138 valence electrons. The molecular weight excluding hydrogens is 350 g/mol. The molecule has 26 heavy (non-hydrogen) atoms. The lowest BCUT2D eigenvalue weighted by molar-refractivity contribution is 0.288. The molecule has 2 aromatic heterocycles. The maximum Gasteiger partial charge on any atom is 0.213 e. The van der Waals surface area contributed by atoms with Gasteiger partial charge in [0, 0.05) is 38.6 Å². The summed E-state index contributed by atoms with van der Waals surface area (Å²) < 4.78 is 5.73. The molecule has 0 radical (unpaired) electrons. The van der Waals surface area contributed by atoms with Crippen molar-refractivity contribution >= 4 is 17.6 Å². The molecule has 0 saturated heterocycles. The summed E-state index contributed by atoms with van der Waals surface area (Å²) in [5.74, 6) is 2.16. The van der Waals surface area contributed by atoms with Crippen LogP contribution >= 0.6 is 11.6 Å². The number of aromatic nitrogens is 2. The largest absolute Gasteiger partial charge is 0.477 e. The monoisotopic (exact) mass is 373 g/mol. The van der Waals surface area contributed by atoms with E-state index in [1.165, 1.54) is 12.8 Å². The number of halogens is 1. The van der Waals surface area contributed by atoms with Crippen molar-refractivity contribution in [2.45, 2.75) is 25.8 Å². The van der Waals surface area contributed by atoms with Gasteiger partial charge in [0.1, 0.15) is 5.15 Å². The van der Waals surface area contributed by atoms with E-state index >= 15 is 0 Å². The molecule has 0 amide bonds. The predicted molar refractivity (Wildman–Crippen MR) is 104 cm³/mol. The van der Waals surface area contributed by atoms with E-state index in [4.69, 9.17) is 16.3 Å². The van der Waals surface area contributed by atoms with Crippen molar-refractivity contribution in [2.24, 2.45) is 10.9 Å². The number of guanidine groups is 1. The number of ether oxygens (including phenoxy) is 1. The van der Waals surface area contributed by atoms with Crippen LogP contribution < -0.4 is 15.4 Å². The van der Waals surface area contributed by atoms with Crippen molar-refractivity contribution in [2.75, 3.05) is 20.2 Å². The summed E-state index contributed by atoms with van der Waals surface area (Å²) in [6, 6.07) is 7.73. The number of aliphatic imine (C=N–C) groups is 1. The maximum absolute atomic E-state index is 5.80. The van der Waals surface area contributed by atoms with Crippen molar-refractivity contribution in [3.05, 3.63) is 52.9 Å². The van der Waals surface area contributed by atoms with Crippen LogP contribution in [0.2, 0.25) is 5.15 Å². The molecule has 3 rings (SSSR count). The van der Waals surface area contributed by atoms with E-state index in [-0.39, 0.29) is 0 Å². The number of nitrogens with zero attached hydrogens (tertiary/aromatic N) is 3. The zero-order valence-electron chi connectivity index (χ0n) is 14.9. The minimum Gasteiger partial charge on any atom is -0.477 e. The molecule has 0 bridgehead atoms. The molecule has 0 atom stereocenters. The average molecular weight is 374 g/mol. The summed E-state index contributed by atoms with van der Waals surface area (Å²) in [6.45, 7) is 2.19. The van der Waals surface area contributed by atoms with Crippen LogP contribution in [-0.2, 0) is 13.0 Å². The highest BCUT2D eigenvalue weighted by molar-refractivity contribution is 6.29. The standard InChI is InChI=1S/C19H24ClN5O/c1-21-19(23-9-6-14-4-5-17(20)24-11-14)25-12-16-7-8-22-18(10-16)26-13-15-2-3-15/h4-5,7-8,10-11,15H,2-3,6,9,12-13H2,1H3,(H2,21,23,25). The zero-order valence-corrected chi connectivity index (χ0v) is 15.7. The van der Waals surface area contributed by atoms with Gasteiger partial charge in [-0.2, -0.15) is 0 Å². The maximum atomic E-state index is 5.80. The van der Waals surface area contributed by atoms with Crippen LogP contribution in [0.4, 0.5) is 0 Å². The number of hydrogen-bond donors (Lipinski definition) is 2. The molecule has 1 fully saturated rings. The summed E-state index contributed by atoms with van der Waals surface area (Å²) in [6.07, 6.45) is 6.97. The Morgan fingerprint density at radius 3 is 2.85 bits per heavy atom. The molecule has 1 aliphatic carbocycles. The van der Waals surface area contributed by atoms with Gasteiger partial charge < -0.3 is 15.4 Å². The van der Waals surface area contributed by atoms with Gasteiger partial charge in [0.05, 0.1) is 6.61 Å². The zero-order chi connectivity index (χ0) is 18.2. The van der Waals surface area contributed by atoms with E-state index in [1.807, 2.05) is 18.2 Å². The number of hydrogen-bond acceptors (Lipinski definition) is 4. The Hall–Kier alpha value is -2.34. The van der Waals surface area contributed by atoms with Gasteiger partial charge in [-0.3, -0.25) is 4.99 Å². The summed E-state index contributed by atoms with van der Waals surface area (Å²) >= 11 is 5.80. The van der Waals surface area contributed by atoms with E-state index in [2.05, 4.69) is 25.6 Å². The van der Waals surface area contributed by atoms with Crippen molar-refractivity contribution in [3.8, 4) is 5.88 Å². The van der Waals surface area contributed by atoms with E-state index in [0.717, 1.165) is 42.6 Å². The molecule has 2 heterocycles. The predicted octanol–water partition coefficient (Wildman–Crippen LogP) is 2.83. The third-order valence-corrected chi connectivity index (χ3v) is 4.37. The van der Waals surface area contributed by atoms with E-state index in [9.17, 15) is 0 Å². The van der Waals surface area contributed by atoms with Crippen molar-refractivity contribution in [1.82, 2.24) is 20.6 Å². The SMILES string of the molecule is CN=C(NCCc1ccc(Cl)nc1)NCc1ccnc(OCC2CC2)c1. The van der Waals surface area contributed by atoms with Gasteiger partial charge in [0.25, 0.3) is 0 Å². The first-order chi connectivity index (χ1) is 12.7. The third kappa shape index (κ3) is 6.19. The van der Waals surface area contributed by atoms with Crippen molar-refractivity contribution in [1.29, 1.82) is 0 Å². The van der Waals surface area contributed by atoms with E-state index < -0.39 is 0 Å². The quantitative estimate of drug-likeness (QED) is 0.423. The molecule has 7 heteroatoms. The van der Waals surface area contributed by atoms with Crippen LogP contribution in [0.1, 0.15) is 24.0 Å². The fourth-order valence-corrected chi connectivity index (χ4v) is 2.52.